The first-order chi connectivity index (χ1) is 5.13. The molecule has 0 radical (unpaired) electrons. The van der Waals surface area contributed by atoms with Gasteiger partial charge in [-0.2, -0.15) is 4.73 Å². The molecule has 0 atom stereocenters. The Balaban J connectivity index is 3.32. The highest BCUT2D eigenvalue weighted by Gasteiger charge is 2.16. The fourth-order valence-electron chi connectivity index (χ4n) is 0.856. The molecule has 11 heavy (non-hydrogen) atoms. The molecule has 4 heteroatoms. The van der Waals surface area contributed by atoms with Crippen LogP contribution in [0.1, 0.15) is 16.1 Å². The summed E-state index contributed by atoms with van der Waals surface area (Å²) in [6, 6.07) is 3.09. The molecule has 0 fully saturated rings. The second kappa shape index (κ2) is 2.57. The third kappa shape index (κ3) is 1.29. The molecule has 0 saturated carbocycles. The monoisotopic (exact) mass is 153 g/mol. The van der Waals surface area contributed by atoms with Crippen LogP contribution in [0.4, 0.5) is 0 Å². The normalized spacial score (nSPS) is 9.55. The Hall–Kier alpha value is -1.58. The standard InChI is InChI=1S/C7H7NO3/c1-5-3-2-4-8(11)6(5)7(9)10/h2-4H,1H3,(H,9,10). The van der Waals surface area contributed by atoms with Gasteiger partial charge >= 0.3 is 11.7 Å². The largest absolute Gasteiger partial charge is 0.618 e. The SMILES string of the molecule is Cc1ccc[n+]([O-])c1C(=O)O. The molecule has 0 amide bonds. The second-order valence-corrected chi connectivity index (χ2v) is 2.17. The van der Waals surface area contributed by atoms with Gasteiger partial charge in [0.15, 0.2) is 6.20 Å². The highest BCUT2D eigenvalue weighted by atomic mass is 16.5. The van der Waals surface area contributed by atoms with E-state index < -0.39 is 5.97 Å². The lowest BCUT2D eigenvalue weighted by molar-refractivity contribution is -0.608. The first kappa shape index (κ1) is 7.53. The van der Waals surface area contributed by atoms with E-state index in [1.165, 1.54) is 6.07 Å². The number of hydrogen-bond donors (Lipinski definition) is 1. The Labute approximate surface area is 63.3 Å². The van der Waals surface area contributed by atoms with E-state index in [9.17, 15) is 10.0 Å². The maximum Gasteiger partial charge on any atom is 0.402 e. The molecule has 0 unspecified atom stereocenters. The van der Waals surface area contributed by atoms with Crippen molar-refractivity contribution >= 4 is 5.97 Å². The maximum atomic E-state index is 10.8. The average Bonchev–Trinajstić information content (AvgIpc) is 1.85. The van der Waals surface area contributed by atoms with Crippen LogP contribution in [0.25, 0.3) is 0 Å². The van der Waals surface area contributed by atoms with Crippen LogP contribution >= 0.6 is 0 Å². The zero-order valence-electron chi connectivity index (χ0n) is 5.94. The van der Waals surface area contributed by atoms with Crippen LogP contribution in [0, 0.1) is 12.1 Å². The van der Waals surface area contributed by atoms with Crippen LogP contribution in [-0.2, 0) is 0 Å². The van der Waals surface area contributed by atoms with Crippen LogP contribution in [0.2, 0.25) is 0 Å². The molecule has 0 aromatic carbocycles. The topological polar surface area (TPSA) is 64.2 Å². The van der Waals surface area contributed by atoms with Crippen molar-refractivity contribution < 1.29 is 14.6 Å². The Morgan fingerprint density at radius 3 is 2.73 bits per heavy atom. The van der Waals surface area contributed by atoms with E-state index in [1.54, 1.807) is 13.0 Å². The molecule has 0 aliphatic rings. The number of aromatic nitrogens is 1. The third-order valence-electron chi connectivity index (χ3n) is 1.36. The quantitative estimate of drug-likeness (QED) is 0.467. The summed E-state index contributed by atoms with van der Waals surface area (Å²) >= 11 is 0. The number of nitrogens with zero attached hydrogens (tertiary/aromatic N) is 1. The average molecular weight is 153 g/mol. The maximum absolute atomic E-state index is 10.8. The summed E-state index contributed by atoms with van der Waals surface area (Å²) in [7, 11) is 0. The van der Waals surface area contributed by atoms with E-state index in [2.05, 4.69) is 0 Å². The molecule has 1 aromatic heterocycles. The van der Waals surface area contributed by atoms with Gasteiger partial charge in [-0.15, -0.1) is 0 Å². The van der Waals surface area contributed by atoms with Crippen molar-refractivity contribution in [1.82, 2.24) is 0 Å². The van der Waals surface area contributed by atoms with Gasteiger partial charge in [0.05, 0.1) is 0 Å². The fourth-order valence-corrected chi connectivity index (χ4v) is 0.856. The molecule has 0 aliphatic carbocycles. The van der Waals surface area contributed by atoms with Gasteiger partial charge in [0.25, 0.3) is 0 Å². The summed E-state index contributed by atoms with van der Waals surface area (Å²) in [5.41, 5.74) is 0.252. The lowest BCUT2D eigenvalue weighted by Gasteiger charge is -2.00. The van der Waals surface area contributed by atoms with Crippen LogP contribution in [-0.4, -0.2) is 11.1 Å². The lowest BCUT2D eigenvalue weighted by atomic mass is 10.2. The minimum Gasteiger partial charge on any atom is -0.618 e. The van der Waals surface area contributed by atoms with Crippen molar-refractivity contribution in [3.05, 3.63) is 34.8 Å². The number of carboxylic acid groups (broad SMARTS) is 1. The molecule has 58 valence electrons. The third-order valence-corrected chi connectivity index (χ3v) is 1.36. The summed E-state index contributed by atoms with van der Waals surface area (Å²) in [6.45, 7) is 1.58. The molecule has 0 saturated heterocycles. The highest BCUT2D eigenvalue weighted by Crippen LogP contribution is 1.99. The number of hydrogen-bond acceptors (Lipinski definition) is 2. The van der Waals surface area contributed by atoms with Crippen molar-refractivity contribution in [2.24, 2.45) is 0 Å². The molecule has 0 bridgehead atoms. The summed E-state index contributed by atoms with van der Waals surface area (Å²) in [4.78, 5) is 10.4. The molecule has 1 rings (SSSR count). The van der Waals surface area contributed by atoms with Gasteiger partial charge in [0, 0.05) is 11.6 Å². The minimum atomic E-state index is -1.20. The summed E-state index contributed by atoms with van der Waals surface area (Å²) in [5, 5.41) is 19.3. The Morgan fingerprint density at radius 2 is 2.36 bits per heavy atom. The van der Waals surface area contributed by atoms with Gasteiger partial charge in [0.2, 0.25) is 0 Å². The van der Waals surface area contributed by atoms with Crippen molar-refractivity contribution in [3.63, 3.8) is 0 Å². The molecule has 0 aliphatic heterocycles. The fraction of sp³-hybridized carbons (Fsp3) is 0.143. The number of aryl methyl sites for hydroxylation is 1. The summed E-state index contributed by atoms with van der Waals surface area (Å²) in [6.07, 6.45) is 1.16. The van der Waals surface area contributed by atoms with Crippen LogP contribution in [0.3, 0.4) is 0 Å². The molecule has 1 heterocycles. The van der Waals surface area contributed by atoms with Crippen LogP contribution in [0.5, 0.6) is 0 Å². The van der Waals surface area contributed by atoms with Crippen molar-refractivity contribution in [2.75, 3.05) is 0 Å². The van der Waals surface area contributed by atoms with Gasteiger partial charge in [0.1, 0.15) is 0 Å². The smallest absolute Gasteiger partial charge is 0.402 e. The Kier molecular flexibility index (Phi) is 1.76. The number of carbonyl (C=O) groups is 1. The molecule has 4 nitrogen and oxygen atoms in total. The van der Waals surface area contributed by atoms with E-state index in [0.29, 0.717) is 10.3 Å². The van der Waals surface area contributed by atoms with Crippen LogP contribution < -0.4 is 4.73 Å². The van der Waals surface area contributed by atoms with Crippen molar-refractivity contribution in [1.29, 1.82) is 0 Å². The molecule has 1 N–H and O–H groups in total. The number of aromatic carboxylic acids is 1. The van der Waals surface area contributed by atoms with E-state index in [-0.39, 0.29) is 5.69 Å². The van der Waals surface area contributed by atoms with Crippen molar-refractivity contribution in [2.45, 2.75) is 6.92 Å². The van der Waals surface area contributed by atoms with E-state index >= 15 is 0 Å². The van der Waals surface area contributed by atoms with Gasteiger partial charge in [-0.05, 0) is 13.0 Å². The number of rotatable bonds is 1. The zero-order valence-corrected chi connectivity index (χ0v) is 5.94. The summed E-state index contributed by atoms with van der Waals surface area (Å²) in [5.74, 6) is -1.20. The van der Waals surface area contributed by atoms with Crippen LogP contribution in [0.15, 0.2) is 18.3 Å². The lowest BCUT2D eigenvalue weighted by Crippen LogP contribution is -2.34. The molecular formula is C7H7NO3. The number of carboxylic acids is 1. The van der Waals surface area contributed by atoms with Crippen molar-refractivity contribution in [3.8, 4) is 0 Å². The zero-order chi connectivity index (χ0) is 8.43. The minimum absolute atomic E-state index is 0.215. The van der Waals surface area contributed by atoms with Gasteiger partial charge in [-0.25, -0.2) is 4.79 Å². The second-order valence-electron chi connectivity index (χ2n) is 2.17. The predicted octanol–water partition coefficient (Wildman–Crippen LogP) is 0.327. The first-order valence-electron chi connectivity index (χ1n) is 3.05. The number of pyridine rings is 1. The molecule has 1 aromatic rings. The van der Waals surface area contributed by atoms with E-state index in [1.807, 2.05) is 0 Å². The van der Waals surface area contributed by atoms with Gasteiger partial charge in [-0.1, -0.05) is 0 Å². The van der Waals surface area contributed by atoms with Gasteiger partial charge < -0.3 is 10.3 Å². The molecular weight excluding hydrogens is 146 g/mol. The Bertz CT molecular complexity index is 275. The van der Waals surface area contributed by atoms with E-state index in [0.717, 1.165) is 6.20 Å². The predicted molar refractivity (Wildman–Crippen MR) is 37.1 cm³/mol. The van der Waals surface area contributed by atoms with E-state index in [4.69, 9.17) is 5.11 Å². The Morgan fingerprint density at radius 1 is 1.73 bits per heavy atom. The highest BCUT2D eigenvalue weighted by molar-refractivity contribution is 5.85. The first-order valence-corrected chi connectivity index (χ1v) is 3.05. The molecule has 0 spiro atoms. The summed E-state index contributed by atoms with van der Waals surface area (Å²) < 4.78 is 0.345. The van der Waals surface area contributed by atoms with Gasteiger partial charge in [-0.3, -0.25) is 0 Å².